The minimum Gasteiger partial charge on any atom is -0.299 e. The summed E-state index contributed by atoms with van der Waals surface area (Å²) in [5.41, 5.74) is -1.14. The number of allylic oxidation sites excluding steroid dienone is 1. The van der Waals surface area contributed by atoms with Crippen LogP contribution in [0.15, 0.2) is 6.08 Å². The first-order valence-electron chi connectivity index (χ1n) is 3.64. The lowest BCUT2D eigenvalue weighted by molar-refractivity contribution is -0.104. The Morgan fingerprint density at radius 3 is 1.53 bits per heavy atom. The lowest BCUT2D eigenvalue weighted by Crippen LogP contribution is -2.03. The van der Waals surface area contributed by atoms with E-state index in [4.69, 9.17) is 0 Å². The molecular weight excluding hydrogens is 219 g/mol. The van der Waals surface area contributed by atoms with Gasteiger partial charge in [0.25, 0.3) is 0 Å². The molecule has 1 aromatic rings. The predicted molar refractivity (Wildman–Crippen MR) is 41.3 cm³/mol. The van der Waals surface area contributed by atoms with Crippen LogP contribution in [0, 0.1) is 29.1 Å². The molecule has 0 atom stereocenters. The molecule has 0 aromatic heterocycles. The van der Waals surface area contributed by atoms with Crippen molar-refractivity contribution < 1.29 is 26.7 Å². The van der Waals surface area contributed by atoms with Crippen molar-refractivity contribution in [2.75, 3.05) is 0 Å². The van der Waals surface area contributed by atoms with Crippen LogP contribution in [0.25, 0.3) is 6.08 Å². The van der Waals surface area contributed by atoms with E-state index in [1.54, 1.807) is 0 Å². The maximum atomic E-state index is 12.8. The van der Waals surface area contributed by atoms with Crippen LogP contribution in [0.3, 0.4) is 0 Å². The Morgan fingerprint density at radius 1 is 0.733 bits per heavy atom. The summed E-state index contributed by atoms with van der Waals surface area (Å²) in [6.07, 6.45) is 1.28. The van der Waals surface area contributed by atoms with E-state index in [1.807, 2.05) is 0 Å². The largest absolute Gasteiger partial charge is 0.299 e. The highest BCUT2D eigenvalue weighted by Crippen LogP contribution is 2.23. The Balaban J connectivity index is 3.52. The molecule has 6 heteroatoms. The molecule has 0 saturated carbocycles. The number of carbonyl (C=O) groups is 1. The quantitative estimate of drug-likeness (QED) is 0.247. The first kappa shape index (κ1) is 11.4. The van der Waals surface area contributed by atoms with E-state index >= 15 is 0 Å². The van der Waals surface area contributed by atoms with Crippen molar-refractivity contribution in [1.29, 1.82) is 0 Å². The van der Waals surface area contributed by atoms with Crippen LogP contribution in [0.2, 0.25) is 0 Å². The van der Waals surface area contributed by atoms with E-state index in [2.05, 4.69) is 0 Å². The molecule has 1 rings (SSSR count). The molecule has 80 valence electrons. The minimum absolute atomic E-state index is 0.151. The smallest absolute Gasteiger partial charge is 0.200 e. The lowest BCUT2D eigenvalue weighted by Gasteiger charge is -2.03. The zero-order valence-electron chi connectivity index (χ0n) is 7.03. The van der Waals surface area contributed by atoms with Crippen molar-refractivity contribution in [3.8, 4) is 0 Å². The molecule has 0 saturated heterocycles. The molecule has 0 unspecified atom stereocenters. The number of hydrogen-bond acceptors (Lipinski definition) is 1. The number of benzene rings is 1. The Hall–Kier alpha value is -1.72. The van der Waals surface area contributed by atoms with Gasteiger partial charge in [0.1, 0.15) is 6.29 Å². The molecule has 1 nitrogen and oxygen atoms in total. The van der Waals surface area contributed by atoms with Gasteiger partial charge in [-0.05, 0) is 12.2 Å². The molecule has 0 fully saturated rings. The third-order valence-electron chi connectivity index (χ3n) is 1.59. The molecule has 15 heavy (non-hydrogen) atoms. The Labute approximate surface area is 80.8 Å². The summed E-state index contributed by atoms with van der Waals surface area (Å²) in [6, 6.07) is 0. The van der Waals surface area contributed by atoms with Gasteiger partial charge < -0.3 is 0 Å². The predicted octanol–water partition coefficient (Wildman–Crippen LogP) is 2.59. The molecule has 0 aliphatic rings. The average Bonchev–Trinajstić information content (AvgIpc) is 2.24. The summed E-state index contributed by atoms with van der Waals surface area (Å²) in [4.78, 5) is 9.84. The van der Waals surface area contributed by atoms with Gasteiger partial charge in [-0.15, -0.1) is 0 Å². The fraction of sp³-hybridized carbons (Fsp3) is 0. The Morgan fingerprint density at radius 2 is 1.13 bits per heavy atom. The van der Waals surface area contributed by atoms with Gasteiger partial charge in [-0.3, -0.25) is 4.79 Å². The van der Waals surface area contributed by atoms with Gasteiger partial charge in [-0.2, -0.15) is 0 Å². The summed E-state index contributed by atoms with van der Waals surface area (Å²) in [5, 5.41) is 0. The van der Waals surface area contributed by atoms with Crippen molar-refractivity contribution in [3.05, 3.63) is 40.7 Å². The second-order valence-electron chi connectivity index (χ2n) is 2.48. The molecule has 1 aromatic carbocycles. The summed E-state index contributed by atoms with van der Waals surface area (Å²) < 4.78 is 63.3. The van der Waals surface area contributed by atoms with E-state index in [1.165, 1.54) is 0 Å². The molecule has 0 bridgehead atoms. The third-order valence-corrected chi connectivity index (χ3v) is 1.59. The van der Waals surface area contributed by atoms with Gasteiger partial charge in [0.2, 0.25) is 5.82 Å². The second kappa shape index (κ2) is 4.20. The SMILES string of the molecule is O=C/C=C/c1c(F)c(F)c(F)c(F)c1F. The Kier molecular flexibility index (Phi) is 3.18. The first-order valence-corrected chi connectivity index (χ1v) is 3.64. The van der Waals surface area contributed by atoms with Gasteiger partial charge in [-0.25, -0.2) is 22.0 Å². The van der Waals surface area contributed by atoms with Gasteiger partial charge in [0.15, 0.2) is 23.3 Å². The van der Waals surface area contributed by atoms with E-state index in [0.717, 1.165) is 0 Å². The van der Waals surface area contributed by atoms with E-state index in [9.17, 15) is 26.7 Å². The molecule has 0 heterocycles. The summed E-state index contributed by atoms with van der Waals surface area (Å²) in [7, 11) is 0. The van der Waals surface area contributed by atoms with Crippen molar-refractivity contribution in [2.24, 2.45) is 0 Å². The minimum atomic E-state index is -2.23. The maximum Gasteiger partial charge on any atom is 0.200 e. The number of aldehydes is 1. The molecule has 0 radical (unpaired) electrons. The monoisotopic (exact) mass is 222 g/mol. The van der Waals surface area contributed by atoms with Gasteiger partial charge in [-0.1, -0.05) is 0 Å². The number of halogens is 5. The highest BCUT2D eigenvalue weighted by Gasteiger charge is 2.23. The van der Waals surface area contributed by atoms with Crippen molar-refractivity contribution in [3.63, 3.8) is 0 Å². The molecule has 0 amide bonds. The average molecular weight is 222 g/mol. The zero-order chi connectivity index (χ0) is 11.6. The maximum absolute atomic E-state index is 12.8. The topological polar surface area (TPSA) is 17.1 Å². The van der Waals surface area contributed by atoms with E-state index in [0.29, 0.717) is 12.2 Å². The summed E-state index contributed by atoms with van der Waals surface area (Å²) in [6.45, 7) is 0. The van der Waals surface area contributed by atoms with Crippen LogP contribution in [0.4, 0.5) is 22.0 Å². The summed E-state index contributed by atoms with van der Waals surface area (Å²) in [5.74, 6) is -10.2. The highest BCUT2D eigenvalue weighted by atomic mass is 19.2. The van der Waals surface area contributed by atoms with Crippen LogP contribution < -0.4 is 0 Å². The number of rotatable bonds is 2. The van der Waals surface area contributed by atoms with E-state index in [-0.39, 0.29) is 6.29 Å². The highest BCUT2D eigenvalue weighted by molar-refractivity contribution is 5.74. The molecule has 0 N–H and O–H groups in total. The fourth-order valence-electron chi connectivity index (χ4n) is 0.904. The molecule has 0 aliphatic carbocycles. The van der Waals surface area contributed by atoms with Gasteiger partial charge in [0.05, 0.1) is 5.56 Å². The third kappa shape index (κ3) is 1.88. The van der Waals surface area contributed by atoms with Crippen LogP contribution >= 0.6 is 0 Å². The van der Waals surface area contributed by atoms with Crippen LogP contribution in [0.1, 0.15) is 5.56 Å². The van der Waals surface area contributed by atoms with Crippen LogP contribution in [-0.4, -0.2) is 6.29 Å². The van der Waals surface area contributed by atoms with Crippen molar-refractivity contribution >= 4 is 12.4 Å². The van der Waals surface area contributed by atoms with Crippen LogP contribution in [0.5, 0.6) is 0 Å². The normalized spacial score (nSPS) is 11.0. The number of carbonyl (C=O) groups excluding carboxylic acids is 1. The van der Waals surface area contributed by atoms with Gasteiger partial charge in [0, 0.05) is 0 Å². The second-order valence-corrected chi connectivity index (χ2v) is 2.48. The zero-order valence-corrected chi connectivity index (χ0v) is 7.03. The first-order chi connectivity index (χ1) is 7.00. The lowest BCUT2D eigenvalue weighted by atomic mass is 10.1. The van der Waals surface area contributed by atoms with Crippen LogP contribution in [-0.2, 0) is 4.79 Å². The van der Waals surface area contributed by atoms with Crippen molar-refractivity contribution in [1.82, 2.24) is 0 Å². The molecule has 0 aliphatic heterocycles. The van der Waals surface area contributed by atoms with E-state index < -0.39 is 34.6 Å². The molecule has 0 spiro atoms. The standard InChI is InChI=1S/C9H3F5O/c10-5-4(2-1-3-15)6(11)8(13)9(14)7(5)12/h1-3H/b2-1+. The Bertz CT molecular complexity index is 410. The fourth-order valence-corrected chi connectivity index (χ4v) is 0.904. The summed E-state index contributed by atoms with van der Waals surface area (Å²) >= 11 is 0. The molecular formula is C9H3F5O. The van der Waals surface area contributed by atoms with Gasteiger partial charge >= 0.3 is 0 Å². The number of hydrogen-bond donors (Lipinski definition) is 0. The van der Waals surface area contributed by atoms with Crippen molar-refractivity contribution in [2.45, 2.75) is 0 Å².